The van der Waals surface area contributed by atoms with Crippen LogP contribution in [-0.4, -0.2) is 67.1 Å². The second kappa shape index (κ2) is 7.87. The van der Waals surface area contributed by atoms with E-state index in [1.165, 1.54) is 5.56 Å². The summed E-state index contributed by atoms with van der Waals surface area (Å²) >= 11 is 0. The number of rotatable bonds is 4. The average molecular weight is 346 g/mol. The Morgan fingerprint density at radius 2 is 1.92 bits per heavy atom. The Bertz CT molecular complexity index is 640. The van der Waals surface area contributed by atoms with Gasteiger partial charge < -0.3 is 19.3 Å². The highest BCUT2D eigenvalue weighted by Gasteiger charge is 2.36. The van der Waals surface area contributed by atoms with Gasteiger partial charge in [0.1, 0.15) is 11.8 Å². The number of carbonyl (C=O) groups excluding carboxylic acids is 2. The van der Waals surface area contributed by atoms with Gasteiger partial charge in [0, 0.05) is 19.6 Å². The monoisotopic (exact) mass is 346 g/mol. The first-order valence-electron chi connectivity index (χ1n) is 8.92. The first-order valence-corrected chi connectivity index (χ1v) is 8.92. The Morgan fingerprint density at radius 1 is 1.16 bits per heavy atom. The maximum Gasteiger partial charge on any atom is 0.261 e. The summed E-state index contributed by atoms with van der Waals surface area (Å²) in [5.41, 5.74) is 2.32. The summed E-state index contributed by atoms with van der Waals surface area (Å²) in [5, 5.41) is 0. The minimum absolute atomic E-state index is 0.0323. The molecule has 1 atom stereocenters. The predicted octanol–water partition coefficient (Wildman–Crippen LogP) is 1.53. The molecule has 2 aliphatic rings. The summed E-state index contributed by atoms with van der Waals surface area (Å²) in [6.45, 7) is 7.00. The van der Waals surface area contributed by atoms with E-state index in [1.54, 1.807) is 4.90 Å². The molecule has 2 aliphatic heterocycles. The number of amides is 2. The van der Waals surface area contributed by atoms with Crippen LogP contribution >= 0.6 is 0 Å². The smallest absolute Gasteiger partial charge is 0.261 e. The van der Waals surface area contributed by atoms with Gasteiger partial charge in [0.15, 0.2) is 6.61 Å². The fraction of sp³-hybridized carbons (Fsp3) is 0.579. The molecule has 136 valence electrons. The molecular weight excluding hydrogens is 320 g/mol. The van der Waals surface area contributed by atoms with E-state index in [2.05, 4.69) is 0 Å². The number of benzene rings is 1. The second-order valence-corrected chi connectivity index (χ2v) is 6.72. The highest BCUT2D eigenvalue weighted by atomic mass is 16.5. The van der Waals surface area contributed by atoms with E-state index in [0.717, 1.165) is 18.4 Å². The molecule has 6 nitrogen and oxygen atoms in total. The Labute approximate surface area is 148 Å². The molecule has 2 saturated heterocycles. The molecule has 1 aromatic rings. The molecule has 25 heavy (non-hydrogen) atoms. The Balaban J connectivity index is 1.58. The lowest BCUT2D eigenvalue weighted by Gasteiger charge is -2.32. The third-order valence-electron chi connectivity index (χ3n) is 5.02. The summed E-state index contributed by atoms with van der Waals surface area (Å²) in [5.74, 6) is 0.606. The number of aryl methyl sites for hydroxylation is 2. The largest absolute Gasteiger partial charge is 0.484 e. The third kappa shape index (κ3) is 4.12. The van der Waals surface area contributed by atoms with Gasteiger partial charge in [-0.2, -0.15) is 0 Å². The standard InChI is InChI=1S/C19H26N2O4/c1-14-5-6-16(12-15(14)2)25-13-18(22)21-7-3-4-17(21)19(23)20-8-10-24-11-9-20/h5-6,12,17H,3-4,7-11,13H2,1-2H3/t17-/m0/s1. The molecule has 0 spiro atoms. The SMILES string of the molecule is Cc1ccc(OCC(=O)N2CCC[C@H]2C(=O)N2CCOCC2)cc1C. The van der Waals surface area contributed by atoms with Crippen LogP contribution in [0.2, 0.25) is 0 Å². The number of hydrogen-bond acceptors (Lipinski definition) is 4. The molecule has 0 N–H and O–H groups in total. The van der Waals surface area contributed by atoms with Crippen molar-refractivity contribution in [2.45, 2.75) is 32.7 Å². The van der Waals surface area contributed by atoms with Crippen LogP contribution in [-0.2, 0) is 14.3 Å². The first-order chi connectivity index (χ1) is 12.1. The summed E-state index contributed by atoms with van der Waals surface area (Å²) in [4.78, 5) is 28.8. The Hall–Kier alpha value is -2.08. The van der Waals surface area contributed by atoms with E-state index in [4.69, 9.17) is 9.47 Å². The number of morpholine rings is 1. The van der Waals surface area contributed by atoms with Crippen molar-refractivity contribution in [3.63, 3.8) is 0 Å². The lowest BCUT2D eigenvalue weighted by Crippen LogP contribution is -2.51. The van der Waals surface area contributed by atoms with E-state index in [1.807, 2.05) is 36.9 Å². The van der Waals surface area contributed by atoms with Crippen LogP contribution in [0.1, 0.15) is 24.0 Å². The zero-order chi connectivity index (χ0) is 17.8. The van der Waals surface area contributed by atoms with Crippen molar-refractivity contribution in [3.05, 3.63) is 29.3 Å². The second-order valence-electron chi connectivity index (χ2n) is 6.72. The molecule has 2 heterocycles. The van der Waals surface area contributed by atoms with Gasteiger partial charge in [-0.1, -0.05) is 6.07 Å². The quantitative estimate of drug-likeness (QED) is 0.830. The van der Waals surface area contributed by atoms with E-state index in [-0.39, 0.29) is 24.5 Å². The molecule has 6 heteroatoms. The summed E-state index contributed by atoms with van der Waals surface area (Å²) in [6, 6.07) is 5.43. The van der Waals surface area contributed by atoms with Gasteiger partial charge in [0.25, 0.3) is 5.91 Å². The Kier molecular flexibility index (Phi) is 5.58. The maximum absolute atomic E-state index is 12.7. The lowest BCUT2D eigenvalue weighted by atomic mass is 10.1. The topological polar surface area (TPSA) is 59.1 Å². The third-order valence-corrected chi connectivity index (χ3v) is 5.02. The molecule has 0 aromatic heterocycles. The van der Waals surface area contributed by atoms with Crippen LogP contribution < -0.4 is 4.74 Å². The van der Waals surface area contributed by atoms with Crippen LogP contribution in [0.3, 0.4) is 0 Å². The number of hydrogen-bond donors (Lipinski definition) is 0. The molecule has 0 radical (unpaired) electrons. The minimum Gasteiger partial charge on any atom is -0.484 e. The van der Waals surface area contributed by atoms with Crippen molar-refractivity contribution in [2.75, 3.05) is 39.5 Å². The maximum atomic E-state index is 12.7. The van der Waals surface area contributed by atoms with E-state index in [9.17, 15) is 9.59 Å². The van der Waals surface area contributed by atoms with Crippen LogP contribution in [0.4, 0.5) is 0 Å². The zero-order valence-corrected chi connectivity index (χ0v) is 15.0. The van der Waals surface area contributed by atoms with Gasteiger partial charge in [0.2, 0.25) is 5.91 Å². The number of likely N-dealkylation sites (tertiary alicyclic amines) is 1. The predicted molar refractivity (Wildman–Crippen MR) is 93.5 cm³/mol. The van der Waals surface area contributed by atoms with Crippen molar-refractivity contribution in [1.82, 2.24) is 9.80 Å². The van der Waals surface area contributed by atoms with Gasteiger partial charge in [-0.3, -0.25) is 9.59 Å². The van der Waals surface area contributed by atoms with Gasteiger partial charge in [-0.05, 0) is 49.9 Å². The average Bonchev–Trinajstić information content (AvgIpc) is 3.12. The van der Waals surface area contributed by atoms with Crippen LogP contribution in [0, 0.1) is 13.8 Å². The van der Waals surface area contributed by atoms with Crippen molar-refractivity contribution >= 4 is 11.8 Å². The van der Waals surface area contributed by atoms with Crippen LogP contribution in [0.15, 0.2) is 18.2 Å². The zero-order valence-electron chi connectivity index (χ0n) is 15.0. The molecule has 0 aliphatic carbocycles. The molecule has 0 saturated carbocycles. The summed E-state index contributed by atoms with van der Waals surface area (Å²) in [6.07, 6.45) is 1.59. The van der Waals surface area contributed by atoms with Crippen molar-refractivity contribution < 1.29 is 19.1 Å². The van der Waals surface area contributed by atoms with Gasteiger partial charge in [0.05, 0.1) is 13.2 Å². The summed E-state index contributed by atoms with van der Waals surface area (Å²) in [7, 11) is 0. The molecular formula is C19H26N2O4. The van der Waals surface area contributed by atoms with Crippen molar-refractivity contribution in [3.8, 4) is 5.75 Å². The number of carbonyl (C=O) groups is 2. The molecule has 0 bridgehead atoms. The van der Waals surface area contributed by atoms with Crippen LogP contribution in [0.5, 0.6) is 5.75 Å². The molecule has 0 unspecified atom stereocenters. The minimum atomic E-state index is -0.353. The molecule has 1 aromatic carbocycles. The van der Waals surface area contributed by atoms with Crippen LogP contribution in [0.25, 0.3) is 0 Å². The highest BCUT2D eigenvalue weighted by Crippen LogP contribution is 2.21. The molecule has 3 rings (SSSR count). The van der Waals surface area contributed by atoms with E-state index in [0.29, 0.717) is 38.6 Å². The number of ether oxygens (including phenoxy) is 2. The molecule has 2 fully saturated rings. The van der Waals surface area contributed by atoms with E-state index < -0.39 is 0 Å². The fourth-order valence-corrected chi connectivity index (χ4v) is 3.35. The first kappa shape index (κ1) is 17.7. The number of nitrogens with zero attached hydrogens (tertiary/aromatic N) is 2. The highest BCUT2D eigenvalue weighted by molar-refractivity contribution is 5.88. The summed E-state index contributed by atoms with van der Waals surface area (Å²) < 4.78 is 11.0. The van der Waals surface area contributed by atoms with Crippen molar-refractivity contribution in [2.24, 2.45) is 0 Å². The normalized spacial score (nSPS) is 20.6. The van der Waals surface area contributed by atoms with E-state index >= 15 is 0 Å². The molecule has 2 amide bonds. The van der Waals surface area contributed by atoms with Gasteiger partial charge in [-0.25, -0.2) is 0 Å². The van der Waals surface area contributed by atoms with Gasteiger partial charge >= 0.3 is 0 Å². The van der Waals surface area contributed by atoms with Gasteiger partial charge in [-0.15, -0.1) is 0 Å². The van der Waals surface area contributed by atoms with Crippen molar-refractivity contribution in [1.29, 1.82) is 0 Å². The lowest BCUT2D eigenvalue weighted by molar-refractivity contribution is -0.147. The fourth-order valence-electron chi connectivity index (χ4n) is 3.35. The Morgan fingerprint density at radius 3 is 2.64 bits per heavy atom.